The van der Waals surface area contributed by atoms with Gasteiger partial charge in [0.15, 0.2) is 0 Å². The standard InChI is InChI=1S/C36H40ClN3O5S/c1-4-27(3)38-36(42)33(24-28-15-8-6-9-16-28)39(25-29-17-14-18-30(37)23-29)35(41)26-40(32-21-12-13-22-34(32)45-5-2)46(43,44)31-19-10-7-11-20-31/h6-23,27,33H,4-5,24-26H2,1-3H3,(H,38,42)/t27-,33+/m0/s1. The van der Waals surface area contributed by atoms with E-state index in [4.69, 9.17) is 16.3 Å². The first kappa shape index (κ1) is 34.5. The van der Waals surface area contributed by atoms with Crippen molar-refractivity contribution in [3.63, 3.8) is 0 Å². The first-order chi connectivity index (χ1) is 22.1. The highest BCUT2D eigenvalue weighted by atomic mass is 35.5. The van der Waals surface area contributed by atoms with Crippen LogP contribution in [0.15, 0.2) is 114 Å². The van der Waals surface area contributed by atoms with Crippen LogP contribution < -0.4 is 14.4 Å². The lowest BCUT2D eigenvalue weighted by atomic mass is 10.0. The monoisotopic (exact) mass is 661 g/mol. The maximum Gasteiger partial charge on any atom is 0.264 e. The number of hydrogen-bond donors (Lipinski definition) is 1. The second-order valence-corrected chi connectivity index (χ2v) is 13.2. The highest BCUT2D eigenvalue weighted by Crippen LogP contribution is 2.33. The van der Waals surface area contributed by atoms with Crippen LogP contribution in [0.25, 0.3) is 0 Å². The highest BCUT2D eigenvalue weighted by Gasteiger charge is 2.35. The van der Waals surface area contributed by atoms with Crippen molar-refractivity contribution in [2.45, 2.75) is 57.1 Å². The fraction of sp³-hybridized carbons (Fsp3) is 0.278. The summed E-state index contributed by atoms with van der Waals surface area (Å²) in [5.74, 6) is -0.583. The lowest BCUT2D eigenvalue weighted by Gasteiger charge is -2.34. The summed E-state index contributed by atoms with van der Waals surface area (Å²) in [6.45, 7) is 5.41. The Balaban J connectivity index is 1.84. The Morgan fingerprint density at radius 1 is 0.848 bits per heavy atom. The molecule has 0 aliphatic rings. The summed E-state index contributed by atoms with van der Waals surface area (Å²) in [4.78, 5) is 30.0. The van der Waals surface area contributed by atoms with Gasteiger partial charge in [0, 0.05) is 24.0 Å². The Hall–Kier alpha value is -4.34. The number of nitrogens with one attached hydrogen (secondary N) is 1. The molecule has 0 saturated heterocycles. The van der Waals surface area contributed by atoms with Crippen LogP contribution in [0.5, 0.6) is 5.75 Å². The molecule has 10 heteroatoms. The zero-order chi connectivity index (χ0) is 33.1. The average molecular weight is 662 g/mol. The molecule has 46 heavy (non-hydrogen) atoms. The molecule has 0 saturated carbocycles. The minimum absolute atomic E-state index is 0.0193. The second kappa shape index (κ2) is 16.3. The van der Waals surface area contributed by atoms with Crippen LogP contribution in [-0.4, -0.2) is 50.4 Å². The number of halogens is 1. The van der Waals surface area contributed by atoms with Crippen molar-refractivity contribution < 1.29 is 22.7 Å². The molecule has 2 atom stereocenters. The van der Waals surface area contributed by atoms with E-state index in [-0.39, 0.29) is 35.5 Å². The van der Waals surface area contributed by atoms with Gasteiger partial charge in [-0.3, -0.25) is 13.9 Å². The number of nitrogens with zero attached hydrogens (tertiary/aromatic N) is 2. The quantitative estimate of drug-likeness (QED) is 0.157. The number of ether oxygens (including phenoxy) is 1. The second-order valence-electron chi connectivity index (χ2n) is 10.9. The summed E-state index contributed by atoms with van der Waals surface area (Å²) in [5, 5.41) is 3.52. The third-order valence-electron chi connectivity index (χ3n) is 7.56. The predicted octanol–water partition coefficient (Wildman–Crippen LogP) is 6.49. The number of hydrogen-bond acceptors (Lipinski definition) is 5. The third kappa shape index (κ3) is 8.89. The number of para-hydroxylation sites is 2. The molecule has 4 aromatic carbocycles. The summed E-state index contributed by atoms with van der Waals surface area (Å²) in [6, 6.07) is 30.0. The van der Waals surface area contributed by atoms with Gasteiger partial charge in [0.25, 0.3) is 10.0 Å². The van der Waals surface area contributed by atoms with Crippen molar-refractivity contribution in [2.75, 3.05) is 17.5 Å². The van der Waals surface area contributed by atoms with Gasteiger partial charge >= 0.3 is 0 Å². The van der Waals surface area contributed by atoms with Crippen LogP contribution in [-0.2, 0) is 32.6 Å². The van der Waals surface area contributed by atoms with Crippen molar-refractivity contribution in [2.24, 2.45) is 0 Å². The third-order valence-corrected chi connectivity index (χ3v) is 9.57. The zero-order valence-corrected chi connectivity index (χ0v) is 27.9. The van der Waals surface area contributed by atoms with Crippen molar-refractivity contribution in [1.29, 1.82) is 0 Å². The molecule has 0 aliphatic carbocycles. The van der Waals surface area contributed by atoms with Crippen LogP contribution in [0, 0.1) is 0 Å². The van der Waals surface area contributed by atoms with Crippen LogP contribution in [0.1, 0.15) is 38.3 Å². The van der Waals surface area contributed by atoms with Crippen molar-refractivity contribution in [1.82, 2.24) is 10.2 Å². The Bertz CT molecular complexity index is 1700. The lowest BCUT2D eigenvalue weighted by Crippen LogP contribution is -2.54. The summed E-state index contributed by atoms with van der Waals surface area (Å²) in [7, 11) is -4.25. The van der Waals surface area contributed by atoms with Gasteiger partial charge in [-0.2, -0.15) is 0 Å². The van der Waals surface area contributed by atoms with Crippen molar-refractivity contribution in [3.05, 3.63) is 125 Å². The molecular weight excluding hydrogens is 622 g/mol. The Morgan fingerprint density at radius 2 is 1.48 bits per heavy atom. The summed E-state index contributed by atoms with van der Waals surface area (Å²) >= 11 is 6.32. The number of benzene rings is 4. The number of rotatable bonds is 15. The normalized spacial score (nSPS) is 12.5. The minimum atomic E-state index is -4.25. The van der Waals surface area contributed by atoms with Gasteiger partial charge in [-0.15, -0.1) is 0 Å². The molecule has 4 rings (SSSR count). The summed E-state index contributed by atoms with van der Waals surface area (Å²) < 4.78 is 35.3. The maximum absolute atomic E-state index is 14.6. The molecule has 0 radical (unpaired) electrons. The maximum atomic E-state index is 14.6. The molecule has 0 bridgehead atoms. The summed E-state index contributed by atoms with van der Waals surface area (Å²) in [5.41, 5.74) is 1.77. The molecule has 4 aromatic rings. The molecule has 242 valence electrons. The van der Waals surface area contributed by atoms with Gasteiger partial charge < -0.3 is 15.0 Å². The van der Waals surface area contributed by atoms with E-state index in [2.05, 4.69) is 5.32 Å². The number of anilines is 1. The Kier molecular flexibility index (Phi) is 12.2. The van der Waals surface area contributed by atoms with E-state index >= 15 is 0 Å². The molecule has 2 amide bonds. The van der Waals surface area contributed by atoms with Gasteiger partial charge in [-0.05, 0) is 67.8 Å². The van der Waals surface area contributed by atoms with E-state index < -0.39 is 28.5 Å². The number of carbonyl (C=O) groups excluding carboxylic acids is 2. The SMILES string of the molecule is CCOc1ccccc1N(CC(=O)N(Cc1cccc(Cl)c1)[C@H](Cc1ccccc1)C(=O)N[C@@H](C)CC)S(=O)(=O)c1ccccc1. The van der Waals surface area contributed by atoms with E-state index in [0.717, 1.165) is 9.87 Å². The smallest absolute Gasteiger partial charge is 0.264 e. The molecule has 0 fully saturated rings. The average Bonchev–Trinajstić information content (AvgIpc) is 3.06. The summed E-state index contributed by atoms with van der Waals surface area (Å²) in [6.07, 6.45) is 0.916. The predicted molar refractivity (Wildman–Crippen MR) is 182 cm³/mol. The van der Waals surface area contributed by atoms with Crippen LogP contribution in [0.2, 0.25) is 5.02 Å². The van der Waals surface area contributed by atoms with Crippen LogP contribution in [0.4, 0.5) is 5.69 Å². The molecule has 8 nitrogen and oxygen atoms in total. The number of sulfonamides is 1. The fourth-order valence-corrected chi connectivity index (χ4v) is 6.66. The van der Waals surface area contributed by atoms with Gasteiger partial charge in [-0.25, -0.2) is 8.42 Å². The zero-order valence-electron chi connectivity index (χ0n) is 26.3. The minimum Gasteiger partial charge on any atom is -0.492 e. The van der Waals surface area contributed by atoms with E-state index in [1.165, 1.54) is 17.0 Å². The van der Waals surface area contributed by atoms with E-state index in [0.29, 0.717) is 29.4 Å². The lowest BCUT2D eigenvalue weighted by molar-refractivity contribution is -0.140. The highest BCUT2D eigenvalue weighted by molar-refractivity contribution is 7.92. The van der Waals surface area contributed by atoms with E-state index in [1.54, 1.807) is 67.6 Å². The van der Waals surface area contributed by atoms with Gasteiger partial charge in [-0.1, -0.05) is 91.3 Å². The topological polar surface area (TPSA) is 96.0 Å². The Labute approximate surface area is 277 Å². The van der Waals surface area contributed by atoms with E-state index in [1.807, 2.05) is 50.2 Å². The molecule has 0 unspecified atom stereocenters. The van der Waals surface area contributed by atoms with Gasteiger partial charge in [0.2, 0.25) is 11.8 Å². The molecule has 0 aliphatic heterocycles. The van der Waals surface area contributed by atoms with Crippen molar-refractivity contribution in [3.8, 4) is 5.75 Å². The first-order valence-electron chi connectivity index (χ1n) is 15.3. The largest absolute Gasteiger partial charge is 0.492 e. The van der Waals surface area contributed by atoms with Crippen LogP contribution in [0.3, 0.4) is 0 Å². The number of amides is 2. The first-order valence-corrected chi connectivity index (χ1v) is 17.1. The molecule has 1 N–H and O–H groups in total. The fourth-order valence-electron chi connectivity index (χ4n) is 5.00. The van der Waals surface area contributed by atoms with Gasteiger partial charge in [0.1, 0.15) is 18.3 Å². The van der Waals surface area contributed by atoms with Gasteiger partial charge in [0.05, 0.1) is 17.2 Å². The van der Waals surface area contributed by atoms with Crippen molar-refractivity contribution >= 4 is 39.1 Å². The molecule has 0 aromatic heterocycles. The van der Waals surface area contributed by atoms with E-state index in [9.17, 15) is 18.0 Å². The molecule has 0 heterocycles. The van der Waals surface area contributed by atoms with Crippen LogP contribution >= 0.6 is 11.6 Å². The molecular formula is C36H40ClN3O5S. The number of carbonyl (C=O) groups is 2. The Morgan fingerprint density at radius 3 is 2.13 bits per heavy atom. The molecule has 0 spiro atoms.